The average molecular weight is 580 g/mol. The van der Waals surface area contributed by atoms with Crippen LogP contribution in [-0.2, 0) is 11.3 Å². The Kier molecular flexibility index (Phi) is 8.37. The summed E-state index contributed by atoms with van der Waals surface area (Å²) in [5.41, 5.74) is 10.8. The molecule has 0 unspecified atom stereocenters. The molecule has 3 heterocycles. The minimum Gasteiger partial charge on any atom is -0.330 e. The highest BCUT2D eigenvalue weighted by atomic mass is 16.2. The zero-order valence-corrected chi connectivity index (χ0v) is 24.1. The highest BCUT2D eigenvalue weighted by molar-refractivity contribution is 6.20. The summed E-state index contributed by atoms with van der Waals surface area (Å²) in [6.45, 7) is 2.50. The van der Waals surface area contributed by atoms with Crippen molar-refractivity contribution in [1.29, 1.82) is 0 Å². The molecular weight excluding hydrogens is 542 g/mol. The molecule has 0 bridgehead atoms. The Morgan fingerprint density at radius 2 is 1.65 bits per heavy atom. The second kappa shape index (κ2) is 12.7. The number of nitrogens with one attached hydrogen (secondary N) is 2. The number of nitrogens with zero attached hydrogens (tertiary/aromatic N) is 4. The Morgan fingerprint density at radius 1 is 0.930 bits per heavy atom. The number of urea groups is 2. The van der Waals surface area contributed by atoms with Crippen molar-refractivity contribution in [2.24, 2.45) is 10.7 Å². The summed E-state index contributed by atoms with van der Waals surface area (Å²) in [6.07, 6.45) is 1.73. The molecule has 10 nitrogen and oxygen atoms in total. The van der Waals surface area contributed by atoms with Gasteiger partial charge in [-0.15, -0.1) is 0 Å². The second-order valence-corrected chi connectivity index (χ2v) is 11.1. The van der Waals surface area contributed by atoms with Gasteiger partial charge in [0.25, 0.3) is 5.91 Å². The molecule has 1 saturated heterocycles. The number of hydrogen-bond acceptors (Lipinski definition) is 5. The number of unbranched alkanes of at least 4 members (excludes halogenated alkanes) is 1. The molecule has 43 heavy (non-hydrogen) atoms. The van der Waals surface area contributed by atoms with Crippen molar-refractivity contribution < 1.29 is 14.4 Å². The number of piperidine rings is 1. The first-order valence-corrected chi connectivity index (χ1v) is 15.0. The van der Waals surface area contributed by atoms with Crippen LogP contribution in [0.25, 0.3) is 0 Å². The summed E-state index contributed by atoms with van der Waals surface area (Å²) in [5.74, 6) is -0.276. The number of para-hydroxylation sites is 2. The van der Waals surface area contributed by atoms with Crippen LogP contribution in [0.3, 0.4) is 0 Å². The monoisotopic (exact) mass is 579 g/mol. The third-order valence-electron chi connectivity index (χ3n) is 8.40. The lowest BCUT2D eigenvalue weighted by Crippen LogP contribution is -2.55. The zero-order chi connectivity index (χ0) is 29.8. The molecule has 3 aliphatic heterocycles. The van der Waals surface area contributed by atoms with Gasteiger partial charge in [0, 0.05) is 49.0 Å². The minimum atomic E-state index is -1.09. The van der Waals surface area contributed by atoms with Gasteiger partial charge in [0.2, 0.25) is 6.17 Å². The predicted octanol–water partition coefficient (Wildman–Crippen LogP) is 4.16. The molecular formula is C33H37N7O3. The number of rotatable bonds is 7. The van der Waals surface area contributed by atoms with Crippen molar-refractivity contribution in [1.82, 2.24) is 15.1 Å². The number of carbonyl (C=O) groups excluding carboxylic acids is 3. The van der Waals surface area contributed by atoms with E-state index in [1.54, 1.807) is 9.80 Å². The lowest BCUT2D eigenvalue weighted by atomic mass is 10.00. The van der Waals surface area contributed by atoms with Gasteiger partial charge in [-0.2, -0.15) is 0 Å². The highest BCUT2D eigenvalue weighted by Crippen LogP contribution is 2.30. The van der Waals surface area contributed by atoms with E-state index >= 15 is 0 Å². The smallest absolute Gasteiger partial charge is 0.322 e. The molecule has 5 amide bonds. The molecule has 0 spiro atoms. The van der Waals surface area contributed by atoms with Crippen molar-refractivity contribution in [3.05, 3.63) is 95.6 Å². The Labute approximate surface area is 251 Å². The maximum atomic E-state index is 14.0. The number of fused-ring (bicyclic) bond motifs is 2. The van der Waals surface area contributed by atoms with Gasteiger partial charge in [-0.3, -0.25) is 4.79 Å². The quantitative estimate of drug-likeness (QED) is 0.364. The van der Waals surface area contributed by atoms with E-state index in [0.717, 1.165) is 40.9 Å². The van der Waals surface area contributed by atoms with E-state index in [9.17, 15) is 14.4 Å². The number of aliphatic imine (C=N–C) groups is 1. The molecule has 3 aromatic carbocycles. The number of benzene rings is 3. The molecule has 10 heteroatoms. The molecule has 1 atom stereocenters. The van der Waals surface area contributed by atoms with Gasteiger partial charge in [0.1, 0.15) is 0 Å². The van der Waals surface area contributed by atoms with Crippen LogP contribution in [0.15, 0.2) is 83.9 Å². The normalized spacial score (nSPS) is 18.8. The number of hydrogen-bond donors (Lipinski definition) is 3. The number of amides is 5. The van der Waals surface area contributed by atoms with Crippen molar-refractivity contribution in [2.75, 3.05) is 36.4 Å². The van der Waals surface area contributed by atoms with Crippen molar-refractivity contribution >= 4 is 35.1 Å². The number of anilines is 2. The van der Waals surface area contributed by atoms with E-state index < -0.39 is 6.17 Å². The van der Waals surface area contributed by atoms with Crippen LogP contribution in [0.4, 0.5) is 21.0 Å². The van der Waals surface area contributed by atoms with Gasteiger partial charge in [0.15, 0.2) is 0 Å². The fourth-order valence-electron chi connectivity index (χ4n) is 6.10. The van der Waals surface area contributed by atoms with Crippen LogP contribution in [0.5, 0.6) is 0 Å². The molecule has 6 rings (SSSR count). The molecule has 0 aliphatic carbocycles. The molecule has 1 fully saturated rings. The Hall–Kier alpha value is -4.70. The summed E-state index contributed by atoms with van der Waals surface area (Å²) in [6, 6.07) is 24.9. The van der Waals surface area contributed by atoms with Crippen LogP contribution < -0.4 is 21.3 Å². The summed E-state index contributed by atoms with van der Waals surface area (Å²) in [4.78, 5) is 50.6. The Morgan fingerprint density at radius 3 is 2.44 bits per heavy atom. The van der Waals surface area contributed by atoms with Crippen molar-refractivity contribution in [3.8, 4) is 0 Å². The zero-order valence-electron chi connectivity index (χ0n) is 24.1. The molecule has 3 aliphatic rings. The predicted molar refractivity (Wildman–Crippen MR) is 167 cm³/mol. The molecule has 4 N–H and O–H groups in total. The summed E-state index contributed by atoms with van der Waals surface area (Å²) >= 11 is 0. The van der Waals surface area contributed by atoms with E-state index in [1.165, 1.54) is 0 Å². The van der Waals surface area contributed by atoms with E-state index in [2.05, 4.69) is 10.6 Å². The largest absolute Gasteiger partial charge is 0.330 e. The van der Waals surface area contributed by atoms with E-state index in [0.29, 0.717) is 51.3 Å². The van der Waals surface area contributed by atoms with Gasteiger partial charge < -0.3 is 31.1 Å². The van der Waals surface area contributed by atoms with Crippen LogP contribution in [0.2, 0.25) is 0 Å². The third-order valence-corrected chi connectivity index (χ3v) is 8.40. The SMILES string of the molecule is NCCCCN1C(=O)[C@H](NC(=O)N2CCC(N3Cc4ccccc4NC3=O)CC2)N=C(c2ccccc2)c2ccccc21. The minimum absolute atomic E-state index is 0.0205. The lowest BCUT2D eigenvalue weighted by Gasteiger charge is -2.40. The Bertz CT molecular complexity index is 1520. The van der Waals surface area contributed by atoms with Gasteiger partial charge in [-0.25, -0.2) is 14.6 Å². The molecule has 0 aromatic heterocycles. The summed E-state index contributed by atoms with van der Waals surface area (Å²) < 4.78 is 0. The number of benzodiazepines with no additional fused rings is 1. The fraction of sp³-hybridized carbons (Fsp3) is 0.333. The fourth-order valence-corrected chi connectivity index (χ4v) is 6.10. The molecule has 0 radical (unpaired) electrons. The molecule has 0 saturated carbocycles. The average Bonchev–Trinajstić information content (AvgIpc) is 3.15. The maximum Gasteiger partial charge on any atom is 0.322 e. The number of likely N-dealkylation sites (tertiary alicyclic amines) is 1. The first-order valence-electron chi connectivity index (χ1n) is 15.0. The summed E-state index contributed by atoms with van der Waals surface area (Å²) in [7, 11) is 0. The van der Waals surface area contributed by atoms with E-state index in [1.807, 2.05) is 83.8 Å². The highest BCUT2D eigenvalue weighted by Gasteiger charge is 2.36. The van der Waals surface area contributed by atoms with Crippen molar-refractivity contribution in [2.45, 2.75) is 44.4 Å². The topological polar surface area (TPSA) is 123 Å². The third kappa shape index (κ3) is 5.96. The Balaban J connectivity index is 1.19. The first-order chi connectivity index (χ1) is 21.0. The number of nitrogens with two attached hydrogens (primary N) is 1. The van der Waals surface area contributed by atoms with Gasteiger partial charge in [-0.1, -0.05) is 66.7 Å². The maximum absolute atomic E-state index is 14.0. The van der Waals surface area contributed by atoms with Crippen LogP contribution >= 0.6 is 0 Å². The van der Waals surface area contributed by atoms with Crippen LogP contribution in [-0.4, -0.2) is 71.9 Å². The van der Waals surface area contributed by atoms with E-state index in [-0.39, 0.29) is 24.0 Å². The van der Waals surface area contributed by atoms with Crippen LogP contribution in [0.1, 0.15) is 42.4 Å². The number of carbonyl (C=O) groups is 3. The van der Waals surface area contributed by atoms with Gasteiger partial charge >= 0.3 is 12.1 Å². The molecule has 222 valence electrons. The van der Waals surface area contributed by atoms with Crippen molar-refractivity contribution in [3.63, 3.8) is 0 Å². The van der Waals surface area contributed by atoms with Gasteiger partial charge in [-0.05, 0) is 49.9 Å². The summed E-state index contributed by atoms with van der Waals surface area (Å²) in [5, 5.41) is 5.92. The molecule has 3 aromatic rings. The van der Waals surface area contributed by atoms with E-state index in [4.69, 9.17) is 10.7 Å². The first kappa shape index (κ1) is 28.4. The lowest BCUT2D eigenvalue weighted by molar-refractivity contribution is -0.120. The second-order valence-electron chi connectivity index (χ2n) is 11.1. The van der Waals surface area contributed by atoms with Gasteiger partial charge in [0.05, 0.1) is 11.4 Å². The standard InChI is InChI=1S/C33H37N7O3/c34-18-8-9-19-39-28-15-7-5-13-26(28)29(23-10-2-1-3-11-23)36-30(31(39)41)37-32(42)38-20-16-25(17-21-38)40-22-24-12-4-6-14-27(24)35-33(40)43/h1-7,10-15,25,30H,8-9,16-22,34H2,(H,35,43)(H,37,42)/t30-/m0/s1. The van der Waals surface area contributed by atoms with Crippen LogP contribution in [0, 0.1) is 0 Å².